The molecule has 0 radical (unpaired) electrons. The summed E-state index contributed by atoms with van der Waals surface area (Å²) in [6.45, 7) is 2.47. The van der Waals surface area contributed by atoms with E-state index in [9.17, 15) is 15.0 Å². The lowest BCUT2D eigenvalue weighted by Gasteiger charge is -2.19. The molecule has 2 fully saturated rings. The van der Waals surface area contributed by atoms with Gasteiger partial charge in [-0.1, -0.05) is 36.4 Å². The zero-order valence-electron chi connectivity index (χ0n) is 16.8. The Morgan fingerprint density at radius 1 is 1.28 bits per heavy atom. The summed E-state index contributed by atoms with van der Waals surface area (Å²) >= 11 is 0. The number of carbonyl (C=O) groups is 1. The van der Waals surface area contributed by atoms with Gasteiger partial charge in [-0.2, -0.15) is 0 Å². The number of aliphatic hydroxyl groups excluding tert-OH is 2. The zero-order chi connectivity index (χ0) is 20.4. The molecular weight excluding hydrogens is 366 g/mol. The van der Waals surface area contributed by atoms with E-state index in [0.717, 1.165) is 12.1 Å². The van der Waals surface area contributed by atoms with E-state index in [4.69, 9.17) is 0 Å². The van der Waals surface area contributed by atoms with Crippen LogP contribution >= 0.6 is 0 Å². The van der Waals surface area contributed by atoms with Gasteiger partial charge in [0, 0.05) is 44.0 Å². The van der Waals surface area contributed by atoms with E-state index in [0.29, 0.717) is 26.1 Å². The number of likely N-dealkylation sites (tertiary alicyclic amines) is 1. The van der Waals surface area contributed by atoms with Crippen molar-refractivity contribution in [3.63, 3.8) is 0 Å². The molecule has 2 heterocycles. The second-order valence-corrected chi connectivity index (χ2v) is 8.42. The molecule has 154 valence electrons. The lowest BCUT2D eigenvalue weighted by Crippen LogP contribution is -2.31. The van der Waals surface area contributed by atoms with Crippen LogP contribution in [0.2, 0.25) is 0 Å². The third-order valence-electron chi connectivity index (χ3n) is 6.62. The lowest BCUT2D eigenvalue weighted by molar-refractivity contribution is -0.129. The highest BCUT2D eigenvalue weighted by molar-refractivity contribution is 5.79. The van der Waals surface area contributed by atoms with Crippen LogP contribution < -0.4 is 0 Å². The average molecular weight is 396 g/mol. The van der Waals surface area contributed by atoms with E-state index in [2.05, 4.69) is 22.0 Å². The number of pyridine rings is 1. The Hall–Kier alpha value is -2.28. The minimum Gasteiger partial charge on any atom is -0.395 e. The maximum atomic E-state index is 12.9. The Kier molecular flexibility index (Phi) is 5.67. The lowest BCUT2D eigenvalue weighted by atomic mass is 9.95. The van der Waals surface area contributed by atoms with Crippen LogP contribution in [0.1, 0.15) is 17.0 Å². The summed E-state index contributed by atoms with van der Waals surface area (Å²) < 4.78 is 0. The van der Waals surface area contributed by atoms with Crippen LogP contribution in [0, 0.1) is 11.3 Å². The van der Waals surface area contributed by atoms with Gasteiger partial charge in [0.1, 0.15) is 0 Å². The van der Waals surface area contributed by atoms with Gasteiger partial charge in [0.05, 0.1) is 19.1 Å². The molecule has 0 unspecified atom stereocenters. The van der Waals surface area contributed by atoms with Crippen molar-refractivity contribution in [2.75, 3.05) is 39.8 Å². The molecule has 1 saturated carbocycles. The van der Waals surface area contributed by atoms with E-state index in [1.54, 1.807) is 12.4 Å². The summed E-state index contributed by atoms with van der Waals surface area (Å²) in [5, 5.41) is 20.3. The standard InChI is InChI=1S/C23H29N3O3/c1-25(10-11-27)14-19-22(18-7-3-2-4-8-18)23(19)16-26(15-20(23)28)21(29)12-17-6-5-9-24-13-17/h2-9,13,19-20,22,27-28H,10-12,14-16H2,1H3/t19-,20+,22-,23-/m1/s1. The van der Waals surface area contributed by atoms with Gasteiger partial charge in [0.25, 0.3) is 0 Å². The molecule has 1 aromatic carbocycles. The number of β-amino-alcohol motifs (C(OH)–C–C–N with tert-alkyl or cyclic N) is 1. The van der Waals surface area contributed by atoms with E-state index in [1.165, 1.54) is 5.56 Å². The number of nitrogens with zero attached hydrogens (tertiary/aromatic N) is 3. The molecule has 4 rings (SSSR count). The van der Waals surface area contributed by atoms with Crippen LogP contribution in [-0.2, 0) is 11.2 Å². The molecule has 2 aromatic rings. The number of aliphatic hydroxyl groups is 2. The first kappa shape index (κ1) is 20.0. The Morgan fingerprint density at radius 3 is 2.76 bits per heavy atom. The van der Waals surface area contributed by atoms with Crippen molar-refractivity contribution in [1.82, 2.24) is 14.8 Å². The Labute approximate surface area is 171 Å². The number of hydrogen-bond acceptors (Lipinski definition) is 5. The summed E-state index contributed by atoms with van der Waals surface area (Å²) in [5.41, 5.74) is 1.80. The topological polar surface area (TPSA) is 76.9 Å². The first-order valence-electron chi connectivity index (χ1n) is 10.3. The fourth-order valence-corrected chi connectivity index (χ4v) is 5.14. The molecule has 6 nitrogen and oxygen atoms in total. The number of hydrogen-bond donors (Lipinski definition) is 2. The number of likely N-dealkylation sites (N-methyl/N-ethyl adjacent to an activating group) is 1. The van der Waals surface area contributed by atoms with E-state index < -0.39 is 6.10 Å². The Morgan fingerprint density at radius 2 is 2.07 bits per heavy atom. The zero-order valence-corrected chi connectivity index (χ0v) is 16.8. The first-order chi connectivity index (χ1) is 14.1. The number of amides is 1. The number of rotatable bonds is 7. The fourth-order valence-electron chi connectivity index (χ4n) is 5.14. The van der Waals surface area contributed by atoms with Crippen molar-refractivity contribution in [3.05, 3.63) is 66.0 Å². The highest BCUT2D eigenvalue weighted by Crippen LogP contribution is 2.69. The molecule has 2 N–H and O–H groups in total. The maximum Gasteiger partial charge on any atom is 0.227 e. The predicted molar refractivity (Wildman–Crippen MR) is 110 cm³/mol. The van der Waals surface area contributed by atoms with Gasteiger partial charge in [0.2, 0.25) is 5.91 Å². The largest absolute Gasteiger partial charge is 0.395 e. The monoisotopic (exact) mass is 395 g/mol. The van der Waals surface area contributed by atoms with Crippen LogP contribution in [0.3, 0.4) is 0 Å². The van der Waals surface area contributed by atoms with Crippen molar-refractivity contribution >= 4 is 5.91 Å². The van der Waals surface area contributed by atoms with E-state index in [-0.39, 0.29) is 29.8 Å². The number of benzene rings is 1. The molecule has 1 aromatic heterocycles. The van der Waals surface area contributed by atoms with Crippen LogP contribution in [-0.4, -0.2) is 76.8 Å². The van der Waals surface area contributed by atoms with Gasteiger partial charge in [-0.3, -0.25) is 9.78 Å². The third-order valence-corrected chi connectivity index (χ3v) is 6.62. The van der Waals surface area contributed by atoms with Gasteiger partial charge in [0.15, 0.2) is 0 Å². The van der Waals surface area contributed by atoms with Crippen molar-refractivity contribution in [3.8, 4) is 0 Å². The molecule has 29 heavy (non-hydrogen) atoms. The second-order valence-electron chi connectivity index (χ2n) is 8.42. The smallest absolute Gasteiger partial charge is 0.227 e. The molecule has 1 saturated heterocycles. The number of aromatic nitrogens is 1. The van der Waals surface area contributed by atoms with Gasteiger partial charge < -0.3 is 20.0 Å². The van der Waals surface area contributed by atoms with E-state index >= 15 is 0 Å². The third kappa shape index (κ3) is 3.80. The summed E-state index contributed by atoms with van der Waals surface area (Å²) in [4.78, 5) is 20.9. The molecular formula is C23H29N3O3. The predicted octanol–water partition coefficient (Wildman–Crippen LogP) is 1.15. The summed E-state index contributed by atoms with van der Waals surface area (Å²) in [5.74, 6) is 0.513. The normalized spacial score (nSPS) is 28.3. The maximum absolute atomic E-state index is 12.9. The van der Waals surface area contributed by atoms with Crippen molar-refractivity contribution < 1.29 is 15.0 Å². The van der Waals surface area contributed by atoms with Crippen LogP contribution in [0.15, 0.2) is 54.9 Å². The molecule has 2 aliphatic rings. The Balaban J connectivity index is 1.53. The highest BCUT2D eigenvalue weighted by atomic mass is 16.3. The molecule has 1 aliphatic heterocycles. The molecule has 0 bridgehead atoms. The Bertz CT molecular complexity index is 832. The number of carbonyl (C=O) groups excluding carboxylic acids is 1. The molecule has 6 heteroatoms. The summed E-state index contributed by atoms with van der Waals surface area (Å²) in [6, 6.07) is 14.0. The van der Waals surface area contributed by atoms with Crippen molar-refractivity contribution in [2.45, 2.75) is 18.4 Å². The van der Waals surface area contributed by atoms with Gasteiger partial charge in [-0.05, 0) is 36.1 Å². The minimum atomic E-state index is -0.543. The summed E-state index contributed by atoms with van der Waals surface area (Å²) in [6.07, 6.45) is 3.18. The second kappa shape index (κ2) is 8.22. The van der Waals surface area contributed by atoms with Gasteiger partial charge in [-0.15, -0.1) is 0 Å². The minimum absolute atomic E-state index is 0.0371. The SMILES string of the molecule is CN(CCO)C[C@@H]1[C@@H](c2ccccc2)[C@]12CN(C(=O)Cc1cccnc1)C[C@@H]2O. The summed E-state index contributed by atoms with van der Waals surface area (Å²) in [7, 11) is 2.00. The van der Waals surface area contributed by atoms with Crippen molar-refractivity contribution in [1.29, 1.82) is 0 Å². The average Bonchev–Trinajstić information content (AvgIpc) is 3.21. The first-order valence-corrected chi connectivity index (χ1v) is 10.3. The molecule has 4 atom stereocenters. The van der Waals surface area contributed by atoms with Gasteiger partial charge in [-0.25, -0.2) is 0 Å². The van der Waals surface area contributed by atoms with Gasteiger partial charge >= 0.3 is 0 Å². The molecule has 1 spiro atoms. The van der Waals surface area contributed by atoms with Crippen LogP contribution in [0.4, 0.5) is 0 Å². The van der Waals surface area contributed by atoms with Crippen molar-refractivity contribution in [2.24, 2.45) is 11.3 Å². The van der Waals surface area contributed by atoms with Crippen LogP contribution in [0.5, 0.6) is 0 Å². The van der Waals surface area contributed by atoms with Crippen LogP contribution in [0.25, 0.3) is 0 Å². The van der Waals surface area contributed by atoms with E-state index in [1.807, 2.05) is 42.3 Å². The quantitative estimate of drug-likeness (QED) is 0.736. The highest BCUT2D eigenvalue weighted by Gasteiger charge is 2.71. The fraction of sp³-hybridized carbons (Fsp3) is 0.478. The molecule has 1 aliphatic carbocycles. The molecule has 1 amide bonds.